The first kappa shape index (κ1) is 25.2. The number of imide groups is 1. The lowest BCUT2D eigenvalue weighted by atomic mass is 10.1. The van der Waals surface area contributed by atoms with Crippen molar-refractivity contribution in [3.8, 4) is 11.5 Å². The second kappa shape index (κ2) is 10.8. The number of ether oxygens (including phenoxy) is 2. The average Bonchev–Trinajstić information content (AvgIpc) is 3.07. The molecule has 35 heavy (non-hydrogen) atoms. The molecule has 1 heterocycles. The molecule has 0 bridgehead atoms. The molecule has 1 fully saturated rings. The summed E-state index contributed by atoms with van der Waals surface area (Å²) in [5.41, 5.74) is 1.70. The molecule has 0 unspecified atom stereocenters. The fourth-order valence-corrected chi connectivity index (χ4v) is 4.99. The highest BCUT2D eigenvalue weighted by Gasteiger charge is 2.35. The maximum absolute atomic E-state index is 13.4. The second-order valence-electron chi connectivity index (χ2n) is 7.46. The lowest BCUT2D eigenvalue weighted by Crippen LogP contribution is -2.27. The van der Waals surface area contributed by atoms with Crippen molar-refractivity contribution in [1.29, 1.82) is 0 Å². The van der Waals surface area contributed by atoms with Crippen LogP contribution >= 0.6 is 39.3 Å². The van der Waals surface area contributed by atoms with Crippen molar-refractivity contribution in [2.75, 3.05) is 7.11 Å². The van der Waals surface area contributed by atoms with Gasteiger partial charge in [-0.1, -0.05) is 29.8 Å². The van der Waals surface area contributed by atoms with E-state index in [2.05, 4.69) is 15.9 Å². The van der Waals surface area contributed by atoms with E-state index in [1.165, 1.54) is 31.4 Å². The Kier molecular flexibility index (Phi) is 7.78. The van der Waals surface area contributed by atoms with Crippen LogP contribution in [0.2, 0.25) is 5.02 Å². The van der Waals surface area contributed by atoms with E-state index >= 15 is 0 Å². The predicted molar refractivity (Wildman–Crippen MR) is 134 cm³/mol. The van der Waals surface area contributed by atoms with Crippen molar-refractivity contribution in [2.24, 2.45) is 0 Å². The Bertz CT molecular complexity index is 1350. The predicted octanol–water partition coefficient (Wildman–Crippen LogP) is 7.20. The van der Waals surface area contributed by atoms with Crippen molar-refractivity contribution < 1.29 is 27.8 Å². The zero-order chi connectivity index (χ0) is 25.1. The van der Waals surface area contributed by atoms with Crippen LogP contribution in [0.1, 0.15) is 16.7 Å². The van der Waals surface area contributed by atoms with E-state index in [1.807, 2.05) is 0 Å². The summed E-state index contributed by atoms with van der Waals surface area (Å²) in [7, 11) is 1.47. The summed E-state index contributed by atoms with van der Waals surface area (Å²) in [6.07, 6.45) is 1.57. The summed E-state index contributed by atoms with van der Waals surface area (Å²) < 4.78 is 38.6. The number of carbonyl (C=O) groups is 2. The van der Waals surface area contributed by atoms with E-state index in [-0.39, 0.29) is 28.9 Å². The molecule has 4 rings (SSSR count). The summed E-state index contributed by atoms with van der Waals surface area (Å²) in [5.74, 6) is -0.548. The maximum atomic E-state index is 13.4. The first-order chi connectivity index (χ1) is 16.7. The van der Waals surface area contributed by atoms with Crippen molar-refractivity contribution >= 4 is 56.5 Å². The topological polar surface area (TPSA) is 55.8 Å². The fraction of sp³-hybridized carbons (Fsp3) is 0.120. The Morgan fingerprint density at radius 3 is 2.57 bits per heavy atom. The number of carbonyl (C=O) groups excluding carboxylic acids is 2. The normalized spacial score (nSPS) is 14.7. The second-order valence-corrected chi connectivity index (χ2v) is 9.71. The van der Waals surface area contributed by atoms with Gasteiger partial charge in [0.2, 0.25) is 0 Å². The maximum Gasteiger partial charge on any atom is 0.293 e. The molecule has 0 aliphatic carbocycles. The Balaban J connectivity index is 1.54. The number of nitrogens with zero attached hydrogens (tertiary/aromatic N) is 1. The van der Waals surface area contributed by atoms with Gasteiger partial charge >= 0.3 is 0 Å². The quantitative estimate of drug-likeness (QED) is 0.277. The largest absolute Gasteiger partial charge is 0.493 e. The average molecular weight is 581 g/mol. The number of halogens is 4. The monoisotopic (exact) mass is 579 g/mol. The third-order valence-electron chi connectivity index (χ3n) is 5.04. The van der Waals surface area contributed by atoms with E-state index in [4.69, 9.17) is 21.1 Å². The summed E-state index contributed by atoms with van der Waals surface area (Å²) >= 11 is 10.3. The van der Waals surface area contributed by atoms with Crippen LogP contribution < -0.4 is 9.47 Å². The van der Waals surface area contributed by atoms with Gasteiger partial charge < -0.3 is 9.47 Å². The summed E-state index contributed by atoms with van der Waals surface area (Å²) in [5, 5.41) is -0.321. The molecule has 3 aromatic rings. The number of hydrogen-bond donors (Lipinski definition) is 0. The molecule has 180 valence electrons. The fourth-order valence-electron chi connectivity index (χ4n) is 3.35. The van der Waals surface area contributed by atoms with E-state index < -0.39 is 17.0 Å². The van der Waals surface area contributed by atoms with Gasteiger partial charge in [0.25, 0.3) is 11.1 Å². The molecule has 10 heteroatoms. The zero-order valence-corrected chi connectivity index (χ0v) is 21.3. The minimum Gasteiger partial charge on any atom is -0.493 e. The van der Waals surface area contributed by atoms with Crippen molar-refractivity contribution in [2.45, 2.75) is 13.2 Å². The van der Waals surface area contributed by atoms with Crippen LogP contribution in [0.3, 0.4) is 0 Å². The van der Waals surface area contributed by atoms with Gasteiger partial charge in [-0.25, -0.2) is 8.78 Å². The lowest BCUT2D eigenvalue weighted by Gasteiger charge is -2.14. The van der Waals surface area contributed by atoms with Crippen LogP contribution in [0.5, 0.6) is 11.5 Å². The third-order valence-corrected chi connectivity index (χ3v) is 6.89. The molecule has 0 atom stereocenters. The molecule has 1 saturated heterocycles. The molecule has 2 amide bonds. The van der Waals surface area contributed by atoms with E-state index in [9.17, 15) is 18.4 Å². The molecule has 0 spiro atoms. The first-order valence-corrected chi connectivity index (χ1v) is 12.2. The highest BCUT2D eigenvalue weighted by Crippen LogP contribution is 2.40. The number of thioether (sulfide) groups is 1. The highest BCUT2D eigenvalue weighted by molar-refractivity contribution is 9.10. The van der Waals surface area contributed by atoms with E-state index in [0.717, 1.165) is 22.7 Å². The Morgan fingerprint density at radius 2 is 1.86 bits per heavy atom. The van der Waals surface area contributed by atoms with Gasteiger partial charge in [0, 0.05) is 5.02 Å². The van der Waals surface area contributed by atoms with Crippen molar-refractivity contribution in [3.63, 3.8) is 0 Å². The molecule has 0 radical (unpaired) electrons. The first-order valence-electron chi connectivity index (χ1n) is 10.2. The van der Waals surface area contributed by atoms with Crippen LogP contribution in [-0.4, -0.2) is 23.2 Å². The Morgan fingerprint density at radius 1 is 1.09 bits per heavy atom. The van der Waals surface area contributed by atoms with Gasteiger partial charge in [0.05, 0.1) is 23.0 Å². The van der Waals surface area contributed by atoms with Gasteiger partial charge in [-0.2, -0.15) is 0 Å². The SMILES string of the molecule is COc1cc(/C=C2\SC(=O)N(Cc3ccc(F)cc3Cl)C2=O)cc(Br)c1OCc1cccc(F)c1. The van der Waals surface area contributed by atoms with E-state index in [1.54, 1.807) is 30.3 Å². The van der Waals surface area contributed by atoms with E-state index in [0.29, 0.717) is 32.7 Å². The lowest BCUT2D eigenvalue weighted by molar-refractivity contribution is -0.123. The summed E-state index contributed by atoms with van der Waals surface area (Å²) in [4.78, 5) is 26.7. The Hall–Kier alpha value is -2.88. The number of hydrogen-bond acceptors (Lipinski definition) is 5. The van der Waals surface area contributed by atoms with Crippen LogP contribution in [0, 0.1) is 11.6 Å². The van der Waals surface area contributed by atoms with Crippen LogP contribution in [-0.2, 0) is 17.9 Å². The highest BCUT2D eigenvalue weighted by atomic mass is 79.9. The zero-order valence-electron chi connectivity index (χ0n) is 18.2. The van der Waals surface area contributed by atoms with Gasteiger partial charge in [-0.15, -0.1) is 0 Å². The number of benzene rings is 3. The van der Waals surface area contributed by atoms with Crippen molar-refractivity contribution in [1.82, 2.24) is 4.90 Å². The third kappa shape index (κ3) is 5.86. The summed E-state index contributed by atoms with van der Waals surface area (Å²) in [6.45, 7) is 0.0535. The molecule has 0 aromatic heterocycles. The smallest absolute Gasteiger partial charge is 0.293 e. The number of rotatable bonds is 7. The molecule has 1 aliphatic rings. The number of amides is 2. The minimum absolute atomic E-state index is 0.0685. The Labute approximate surface area is 217 Å². The number of methoxy groups -OCH3 is 1. The molecule has 1 aliphatic heterocycles. The minimum atomic E-state index is -0.504. The molecular weight excluding hydrogens is 564 g/mol. The van der Waals surface area contributed by atoms with Crippen LogP contribution in [0.15, 0.2) is 64.0 Å². The van der Waals surface area contributed by atoms with Crippen molar-refractivity contribution in [3.05, 3.63) is 97.3 Å². The summed E-state index contributed by atoms with van der Waals surface area (Å²) in [6, 6.07) is 13.2. The van der Waals surface area contributed by atoms with Gasteiger partial charge in [0.15, 0.2) is 11.5 Å². The molecule has 0 N–H and O–H groups in total. The standard InChI is InChI=1S/C25H17BrClF2NO4S/c1-33-21-9-15(8-19(26)23(21)34-13-14-3-2-4-17(28)7-14)10-22-24(31)30(25(32)35-22)12-16-5-6-18(29)11-20(16)27/h2-11H,12-13H2,1H3/b22-10-. The van der Waals surface area contributed by atoms with Crippen LogP contribution in [0.25, 0.3) is 6.08 Å². The molecule has 0 saturated carbocycles. The molecule has 3 aromatic carbocycles. The van der Waals surface area contributed by atoms with Crippen LogP contribution in [0.4, 0.5) is 13.6 Å². The van der Waals surface area contributed by atoms with Gasteiger partial charge in [0.1, 0.15) is 18.2 Å². The molecular formula is C25H17BrClF2NO4S. The van der Waals surface area contributed by atoms with Gasteiger partial charge in [-0.3, -0.25) is 14.5 Å². The van der Waals surface area contributed by atoms with Gasteiger partial charge in [-0.05, 0) is 86.9 Å². The molecule has 5 nitrogen and oxygen atoms in total.